The number of carbonyl (C=O) groups is 1. The first-order valence-electron chi connectivity index (χ1n) is 6.10. The average Bonchev–Trinajstić information content (AvgIpc) is 2.44. The van der Waals surface area contributed by atoms with Gasteiger partial charge in [0.25, 0.3) is 10.1 Å². The Balaban J connectivity index is 0.000000210. The molecule has 112 valence electrons. The zero-order valence-corrected chi connectivity index (χ0v) is 12.0. The largest absolute Gasteiger partial charge is 0.480 e. The lowest BCUT2D eigenvalue weighted by atomic mass is 10.1. The Morgan fingerprint density at radius 2 is 1.48 bits per heavy atom. The van der Waals surface area contributed by atoms with Gasteiger partial charge in [-0.15, -0.1) is 6.58 Å². The van der Waals surface area contributed by atoms with Crippen molar-refractivity contribution < 1.29 is 22.9 Å². The van der Waals surface area contributed by atoms with Gasteiger partial charge >= 0.3 is 5.97 Å². The van der Waals surface area contributed by atoms with Gasteiger partial charge in [0.05, 0.1) is 0 Å². The molecule has 6 heteroatoms. The van der Waals surface area contributed by atoms with E-state index in [4.69, 9.17) is 9.66 Å². The normalized spacial score (nSPS) is 12.0. The minimum atomic E-state index is -4.50. The number of carboxylic acids is 1. The van der Waals surface area contributed by atoms with Crippen LogP contribution in [-0.2, 0) is 14.9 Å². The van der Waals surface area contributed by atoms with Crippen molar-refractivity contribution in [3.63, 3.8) is 0 Å². The third-order valence-corrected chi connectivity index (χ3v) is 3.79. The average molecular weight is 308 g/mol. The van der Waals surface area contributed by atoms with Crippen molar-refractivity contribution in [3.05, 3.63) is 61.2 Å². The van der Waals surface area contributed by atoms with E-state index < -0.39 is 21.3 Å². The van der Waals surface area contributed by atoms with Gasteiger partial charge in [0.15, 0.2) is 5.25 Å². The van der Waals surface area contributed by atoms with E-state index in [-0.39, 0.29) is 6.42 Å². The van der Waals surface area contributed by atoms with Crippen molar-refractivity contribution in [2.24, 2.45) is 0 Å². The Bertz CT molecular complexity index is 656. The summed E-state index contributed by atoms with van der Waals surface area (Å²) in [6, 6.07) is 16.7. The Morgan fingerprint density at radius 3 is 1.67 bits per heavy atom. The Labute approximate surface area is 123 Å². The van der Waals surface area contributed by atoms with Crippen molar-refractivity contribution in [3.8, 4) is 0 Å². The van der Waals surface area contributed by atoms with Crippen LogP contribution in [0.25, 0.3) is 10.8 Å². The lowest BCUT2D eigenvalue weighted by Crippen LogP contribution is -2.28. The molecule has 0 bridgehead atoms. The molecule has 0 radical (unpaired) electrons. The number of aliphatic carboxylic acids is 1. The van der Waals surface area contributed by atoms with Crippen LogP contribution >= 0.6 is 0 Å². The minimum absolute atomic E-state index is 0.297. The van der Waals surface area contributed by atoms with Gasteiger partial charge in [-0.3, -0.25) is 9.35 Å². The highest BCUT2D eigenvalue weighted by molar-refractivity contribution is 7.87. The van der Waals surface area contributed by atoms with Crippen LogP contribution in [0.5, 0.6) is 0 Å². The lowest BCUT2D eigenvalue weighted by molar-refractivity contribution is -0.136. The Morgan fingerprint density at radius 1 is 1.10 bits per heavy atom. The molecule has 0 aliphatic carbocycles. The molecule has 21 heavy (non-hydrogen) atoms. The van der Waals surface area contributed by atoms with E-state index in [0.717, 1.165) is 6.08 Å². The summed E-state index contributed by atoms with van der Waals surface area (Å²) in [6.07, 6.45) is 0.820. The lowest BCUT2D eigenvalue weighted by Gasteiger charge is -2.04. The quantitative estimate of drug-likeness (QED) is 0.669. The predicted molar refractivity (Wildman–Crippen MR) is 81.7 cm³/mol. The highest BCUT2D eigenvalue weighted by Gasteiger charge is 2.28. The van der Waals surface area contributed by atoms with Crippen LogP contribution in [0.2, 0.25) is 0 Å². The molecular weight excluding hydrogens is 292 g/mol. The van der Waals surface area contributed by atoms with E-state index in [1.807, 2.05) is 0 Å². The summed E-state index contributed by atoms with van der Waals surface area (Å²) in [5, 5.41) is 9.08. The van der Waals surface area contributed by atoms with E-state index in [1.54, 1.807) is 0 Å². The van der Waals surface area contributed by atoms with Crippen LogP contribution in [0.3, 0.4) is 0 Å². The second kappa shape index (κ2) is 7.56. The minimum Gasteiger partial charge on any atom is -0.480 e. The maximum absolute atomic E-state index is 10.3. The van der Waals surface area contributed by atoms with Crippen LogP contribution < -0.4 is 0 Å². The molecule has 2 aromatic rings. The van der Waals surface area contributed by atoms with Crippen LogP contribution in [-0.4, -0.2) is 29.3 Å². The molecule has 0 saturated carbocycles. The molecular formula is C15H16O5S. The van der Waals surface area contributed by atoms with Crippen molar-refractivity contribution >= 4 is 26.9 Å². The molecule has 2 aromatic carbocycles. The highest BCUT2D eigenvalue weighted by Crippen LogP contribution is 2.11. The molecule has 0 heterocycles. The molecule has 0 spiro atoms. The van der Waals surface area contributed by atoms with Crippen molar-refractivity contribution in [2.75, 3.05) is 0 Å². The molecule has 2 N–H and O–H groups in total. The molecule has 0 saturated heterocycles. The van der Waals surface area contributed by atoms with Gasteiger partial charge in [-0.2, -0.15) is 8.42 Å². The molecule has 2 rings (SSSR count). The number of hydrogen-bond donors (Lipinski definition) is 2. The monoisotopic (exact) mass is 308 g/mol. The van der Waals surface area contributed by atoms with Crippen molar-refractivity contribution in [1.29, 1.82) is 0 Å². The summed E-state index contributed by atoms with van der Waals surface area (Å²) in [4.78, 5) is 10.1. The van der Waals surface area contributed by atoms with Gasteiger partial charge in [0, 0.05) is 0 Å². The van der Waals surface area contributed by atoms with Gasteiger partial charge in [-0.1, -0.05) is 54.6 Å². The summed E-state index contributed by atoms with van der Waals surface area (Å²) in [5.74, 6) is -1.58. The number of benzene rings is 2. The summed E-state index contributed by atoms with van der Waals surface area (Å²) < 4.78 is 28.9. The summed E-state index contributed by atoms with van der Waals surface area (Å²) in [7, 11) is -4.50. The maximum atomic E-state index is 10.3. The number of fused-ring (bicyclic) bond motifs is 1. The first-order valence-corrected chi connectivity index (χ1v) is 7.60. The molecule has 0 aliphatic rings. The van der Waals surface area contributed by atoms with E-state index in [0.29, 0.717) is 0 Å². The Hall–Kier alpha value is -2.18. The van der Waals surface area contributed by atoms with Crippen molar-refractivity contribution in [1.82, 2.24) is 0 Å². The molecule has 0 aliphatic heterocycles. The SMILES string of the molecule is C=CCC(C(=O)O)S(=O)(=O)O.c1ccc2ccccc2c1. The van der Waals surface area contributed by atoms with E-state index in [9.17, 15) is 13.2 Å². The van der Waals surface area contributed by atoms with Crippen LogP contribution in [0.15, 0.2) is 61.2 Å². The fourth-order valence-corrected chi connectivity index (χ4v) is 2.27. The molecule has 1 atom stereocenters. The van der Waals surface area contributed by atoms with Gasteiger partial charge in [-0.05, 0) is 17.2 Å². The zero-order chi connectivity index (χ0) is 15.9. The van der Waals surface area contributed by atoms with Crippen LogP contribution in [0, 0.1) is 0 Å². The van der Waals surface area contributed by atoms with Crippen molar-refractivity contribution in [2.45, 2.75) is 11.7 Å². The standard InChI is InChI=1S/C10H8.C5H8O5S/c1-2-6-10-8-4-3-7-9(10)5-1;1-2-3-4(5(6)7)11(8,9)10/h1-8H;2,4H,1,3H2,(H,6,7)(H,8,9,10). The first kappa shape index (κ1) is 16.9. The first-order chi connectivity index (χ1) is 9.86. The zero-order valence-electron chi connectivity index (χ0n) is 11.2. The van der Waals surface area contributed by atoms with Gasteiger partial charge < -0.3 is 5.11 Å². The van der Waals surface area contributed by atoms with Crippen LogP contribution in [0.4, 0.5) is 0 Å². The molecule has 0 fully saturated rings. The fourth-order valence-electron chi connectivity index (χ4n) is 1.63. The smallest absolute Gasteiger partial charge is 0.324 e. The second-order valence-corrected chi connectivity index (χ2v) is 5.81. The summed E-state index contributed by atoms with van der Waals surface area (Å²) in [6.45, 7) is 3.16. The molecule has 0 aromatic heterocycles. The topological polar surface area (TPSA) is 91.7 Å². The summed E-state index contributed by atoms with van der Waals surface area (Å²) >= 11 is 0. The number of allylic oxidation sites excluding steroid dienone is 1. The number of carboxylic acid groups (broad SMARTS) is 1. The van der Waals surface area contributed by atoms with Crippen LogP contribution in [0.1, 0.15) is 6.42 Å². The van der Waals surface area contributed by atoms with E-state index in [1.165, 1.54) is 10.8 Å². The third-order valence-electron chi connectivity index (χ3n) is 2.67. The predicted octanol–water partition coefficient (Wildman–Crippen LogP) is 2.74. The van der Waals surface area contributed by atoms with Gasteiger partial charge in [0.2, 0.25) is 0 Å². The summed E-state index contributed by atoms with van der Waals surface area (Å²) in [5.41, 5.74) is 0. The molecule has 0 amide bonds. The number of rotatable bonds is 4. The van der Waals surface area contributed by atoms with E-state index >= 15 is 0 Å². The molecule has 1 unspecified atom stereocenters. The van der Waals surface area contributed by atoms with Gasteiger partial charge in [-0.25, -0.2) is 0 Å². The number of hydrogen-bond acceptors (Lipinski definition) is 3. The van der Waals surface area contributed by atoms with Gasteiger partial charge in [0.1, 0.15) is 0 Å². The third kappa shape index (κ3) is 5.37. The Kier molecular flexibility index (Phi) is 6.08. The maximum Gasteiger partial charge on any atom is 0.324 e. The van der Waals surface area contributed by atoms with E-state index in [2.05, 4.69) is 55.1 Å². The fraction of sp³-hybridized carbons (Fsp3) is 0.133. The highest BCUT2D eigenvalue weighted by atomic mass is 32.2. The molecule has 5 nitrogen and oxygen atoms in total. The second-order valence-electron chi connectivity index (χ2n) is 4.21.